The van der Waals surface area contributed by atoms with Gasteiger partial charge in [-0.1, -0.05) is 36.4 Å². The van der Waals surface area contributed by atoms with E-state index in [9.17, 15) is 9.65 Å². The van der Waals surface area contributed by atoms with Gasteiger partial charge in [-0.05, 0) is 42.7 Å². The molecular formula is C22H20FN3. The molecule has 3 nitrogen and oxygen atoms in total. The average molecular weight is 345 g/mol. The molecule has 4 heteroatoms. The number of hydrazine groups is 1. The van der Waals surface area contributed by atoms with E-state index in [1.807, 2.05) is 42.5 Å². The van der Waals surface area contributed by atoms with Crippen molar-refractivity contribution in [1.82, 2.24) is 5.01 Å². The minimum absolute atomic E-state index is 0.206. The lowest BCUT2D eigenvalue weighted by Crippen LogP contribution is -2.47. The molecular weight excluding hydrogens is 325 g/mol. The van der Waals surface area contributed by atoms with E-state index in [0.717, 1.165) is 54.5 Å². The second-order valence-corrected chi connectivity index (χ2v) is 6.63. The van der Waals surface area contributed by atoms with Gasteiger partial charge in [0.05, 0.1) is 17.3 Å². The van der Waals surface area contributed by atoms with Gasteiger partial charge in [-0.2, -0.15) is 5.26 Å². The van der Waals surface area contributed by atoms with Crippen LogP contribution in [0, 0.1) is 17.1 Å². The quantitative estimate of drug-likeness (QED) is 0.678. The Morgan fingerprint density at radius 1 is 0.885 bits per heavy atom. The monoisotopic (exact) mass is 345 g/mol. The zero-order valence-corrected chi connectivity index (χ0v) is 14.5. The summed E-state index contributed by atoms with van der Waals surface area (Å²) in [7, 11) is 0. The molecule has 0 radical (unpaired) electrons. The number of rotatable bonds is 3. The fourth-order valence-corrected chi connectivity index (χ4v) is 3.66. The first-order valence-electron chi connectivity index (χ1n) is 8.95. The van der Waals surface area contributed by atoms with Crippen molar-refractivity contribution in [3.05, 3.63) is 77.6 Å². The van der Waals surface area contributed by atoms with Crippen LogP contribution >= 0.6 is 0 Å². The van der Waals surface area contributed by atoms with Crippen LogP contribution in [-0.2, 0) is 6.54 Å². The van der Waals surface area contributed by atoms with Crippen LogP contribution in [0.3, 0.4) is 0 Å². The molecule has 4 rings (SSSR count). The van der Waals surface area contributed by atoms with E-state index >= 15 is 0 Å². The Labute approximate surface area is 152 Å². The molecule has 3 aromatic rings. The zero-order valence-electron chi connectivity index (χ0n) is 14.5. The average Bonchev–Trinajstić information content (AvgIpc) is 2.69. The van der Waals surface area contributed by atoms with Crippen LogP contribution < -0.4 is 5.01 Å². The van der Waals surface area contributed by atoms with Crippen LogP contribution in [0.2, 0.25) is 0 Å². The molecule has 1 saturated heterocycles. The van der Waals surface area contributed by atoms with Crippen molar-refractivity contribution in [2.75, 3.05) is 18.1 Å². The second kappa shape index (κ2) is 7.15. The Morgan fingerprint density at radius 2 is 1.62 bits per heavy atom. The van der Waals surface area contributed by atoms with Crippen LogP contribution in [0.1, 0.15) is 24.0 Å². The molecule has 26 heavy (non-hydrogen) atoms. The van der Waals surface area contributed by atoms with Gasteiger partial charge in [-0.25, -0.2) is 9.40 Å². The van der Waals surface area contributed by atoms with Gasteiger partial charge >= 0.3 is 0 Å². The maximum Gasteiger partial charge on any atom is 0.123 e. The van der Waals surface area contributed by atoms with Gasteiger partial charge in [-0.15, -0.1) is 0 Å². The minimum Gasteiger partial charge on any atom is -0.305 e. The molecule has 1 heterocycles. The van der Waals surface area contributed by atoms with Crippen molar-refractivity contribution in [3.63, 3.8) is 0 Å². The van der Waals surface area contributed by atoms with E-state index in [1.54, 1.807) is 0 Å². The molecule has 1 aliphatic heterocycles. The molecule has 0 N–H and O–H groups in total. The first-order valence-corrected chi connectivity index (χ1v) is 8.95. The first kappa shape index (κ1) is 16.6. The van der Waals surface area contributed by atoms with E-state index < -0.39 is 0 Å². The Kier molecular flexibility index (Phi) is 4.55. The SMILES string of the molecule is N#Cc1ccc(N2CCCCN2Cc2ccc(F)cc2)c2ccccc12. The van der Waals surface area contributed by atoms with Gasteiger partial charge in [0.25, 0.3) is 0 Å². The zero-order chi connectivity index (χ0) is 17.9. The molecule has 0 unspecified atom stereocenters. The third-order valence-corrected chi connectivity index (χ3v) is 4.96. The van der Waals surface area contributed by atoms with E-state index in [0.29, 0.717) is 5.56 Å². The maximum absolute atomic E-state index is 13.2. The summed E-state index contributed by atoms with van der Waals surface area (Å²) < 4.78 is 13.2. The van der Waals surface area contributed by atoms with E-state index in [4.69, 9.17) is 0 Å². The Bertz CT molecular complexity index is 959. The molecule has 0 saturated carbocycles. The largest absolute Gasteiger partial charge is 0.305 e. The summed E-state index contributed by atoms with van der Waals surface area (Å²) in [5.41, 5.74) is 2.92. The van der Waals surface area contributed by atoms with Gasteiger partial charge in [0.2, 0.25) is 0 Å². The summed E-state index contributed by atoms with van der Waals surface area (Å²) in [6.45, 7) is 2.65. The first-order chi connectivity index (χ1) is 12.8. The number of nitriles is 1. The van der Waals surface area contributed by atoms with Gasteiger partial charge < -0.3 is 5.01 Å². The fraction of sp³-hybridized carbons (Fsp3) is 0.227. The van der Waals surface area contributed by atoms with Crippen molar-refractivity contribution < 1.29 is 4.39 Å². The highest BCUT2D eigenvalue weighted by molar-refractivity contribution is 5.97. The smallest absolute Gasteiger partial charge is 0.123 e. The van der Waals surface area contributed by atoms with Gasteiger partial charge in [-0.3, -0.25) is 0 Å². The Morgan fingerprint density at radius 3 is 2.38 bits per heavy atom. The van der Waals surface area contributed by atoms with Crippen molar-refractivity contribution >= 4 is 16.5 Å². The molecule has 3 aromatic carbocycles. The second-order valence-electron chi connectivity index (χ2n) is 6.63. The van der Waals surface area contributed by atoms with Gasteiger partial charge in [0.15, 0.2) is 0 Å². The highest BCUT2D eigenvalue weighted by Crippen LogP contribution is 2.32. The number of hydrogen-bond donors (Lipinski definition) is 0. The summed E-state index contributed by atoms with van der Waals surface area (Å²) in [6.07, 6.45) is 2.28. The molecule has 0 bridgehead atoms. The number of fused-ring (bicyclic) bond motifs is 1. The van der Waals surface area contributed by atoms with Crippen molar-refractivity contribution in [1.29, 1.82) is 5.26 Å². The standard InChI is InChI=1S/C22H20FN3/c23-19-10-7-17(8-11-19)16-25-13-3-4-14-26(25)22-12-9-18(15-24)20-5-1-2-6-21(20)22/h1-2,5-12H,3-4,13-14,16H2. The van der Waals surface area contributed by atoms with Crippen LogP contribution in [0.5, 0.6) is 0 Å². The van der Waals surface area contributed by atoms with Gasteiger partial charge in [0, 0.05) is 30.4 Å². The normalized spacial score (nSPS) is 15.2. The van der Waals surface area contributed by atoms with Gasteiger partial charge in [0.1, 0.15) is 5.82 Å². The summed E-state index contributed by atoms with van der Waals surface area (Å²) in [6, 6.07) is 21.0. The van der Waals surface area contributed by atoms with Crippen LogP contribution in [0.15, 0.2) is 60.7 Å². The fourth-order valence-electron chi connectivity index (χ4n) is 3.66. The molecule has 0 aliphatic carbocycles. The number of halogens is 1. The minimum atomic E-state index is -0.206. The van der Waals surface area contributed by atoms with E-state index in [2.05, 4.69) is 22.2 Å². The highest BCUT2D eigenvalue weighted by Gasteiger charge is 2.22. The van der Waals surface area contributed by atoms with Crippen molar-refractivity contribution in [2.24, 2.45) is 0 Å². The van der Waals surface area contributed by atoms with Crippen LogP contribution in [0.4, 0.5) is 10.1 Å². The number of benzene rings is 3. The highest BCUT2D eigenvalue weighted by atomic mass is 19.1. The molecule has 0 spiro atoms. The Hall–Kier alpha value is -2.90. The molecule has 0 aromatic heterocycles. The number of anilines is 1. The van der Waals surface area contributed by atoms with E-state index in [-0.39, 0.29) is 5.82 Å². The van der Waals surface area contributed by atoms with Crippen molar-refractivity contribution in [2.45, 2.75) is 19.4 Å². The van der Waals surface area contributed by atoms with E-state index in [1.165, 1.54) is 12.1 Å². The molecule has 130 valence electrons. The summed E-state index contributed by atoms with van der Waals surface area (Å²) in [5.74, 6) is -0.206. The summed E-state index contributed by atoms with van der Waals surface area (Å²) >= 11 is 0. The third kappa shape index (κ3) is 3.14. The number of hydrogen-bond acceptors (Lipinski definition) is 3. The Balaban J connectivity index is 1.72. The third-order valence-electron chi connectivity index (χ3n) is 4.96. The lowest BCUT2D eigenvalue weighted by molar-refractivity contribution is 0.205. The lowest BCUT2D eigenvalue weighted by atomic mass is 10.0. The molecule has 0 amide bonds. The van der Waals surface area contributed by atoms with Crippen LogP contribution in [-0.4, -0.2) is 18.1 Å². The molecule has 1 aliphatic rings. The topological polar surface area (TPSA) is 30.3 Å². The molecule has 1 fully saturated rings. The predicted molar refractivity (Wildman–Crippen MR) is 102 cm³/mol. The predicted octanol–water partition coefficient (Wildman–Crippen LogP) is 4.87. The summed E-state index contributed by atoms with van der Waals surface area (Å²) in [4.78, 5) is 0. The summed E-state index contributed by atoms with van der Waals surface area (Å²) in [5, 5.41) is 16.1. The number of nitrogens with zero attached hydrogens (tertiary/aromatic N) is 3. The molecule has 0 atom stereocenters. The van der Waals surface area contributed by atoms with Crippen LogP contribution in [0.25, 0.3) is 10.8 Å². The maximum atomic E-state index is 13.2. The lowest BCUT2D eigenvalue weighted by Gasteiger charge is -2.41. The van der Waals surface area contributed by atoms with Crippen molar-refractivity contribution in [3.8, 4) is 6.07 Å².